The molecule has 5 nitrogen and oxygen atoms in total. The highest BCUT2D eigenvalue weighted by molar-refractivity contribution is 9.10. The van der Waals surface area contributed by atoms with Crippen LogP contribution < -0.4 is 5.73 Å². The SMILES string of the molecule is CS(=O)CCn1nc(N)nc1Br. The molecule has 1 rings (SSSR count). The first-order valence-corrected chi connectivity index (χ1v) is 5.77. The average Bonchev–Trinajstić information content (AvgIpc) is 2.26. The van der Waals surface area contributed by atoms with Gasteiger partial charge in [-0.05, 0) is 15.9 Å². The summed E-state index contributed by atoms with van der Waals surface area (Å²) < 4.78 is 12.9. The highest BCUT2D eigenvalue weighted by Gasteiger charge is 2.03. The fraction of sp³-hybridized carbons (Fsp3) is 0.600. The van der Waals surface area contributed by atoms with Gasteiger partial charge in [-0.15, -0.1) is 5.10 Å². The molecule has 1 unspecified atom stereocenters. The Hall–Kier alpha value is -0.430. The summed E-state index contributed by atoms with van der Waals surface area (Å²) in [5.41, 5.74) is 5.34. The van der Waals surface area contributed by atoms with E-state index in [-0.39, 0.29) is 5.95 Å². The second kappa shape index (κ2) is 3.99. The van der Waals surface area contributed by atoms with Gasteiger partial charge in [0.15, 0.2) is 4.73 Å². The van der Waals surface area contributed by atoms with Gasteiger partial charge >= 0.3 is 0 Å². The molecule has 2 N–H and O–H groups in total. The number of aryl methyl sites for hydroxylation is 1. The molecule has 1 atom stereocenters. The van der Waals surface area contributed by atoms with Crippen LogP contribution in [0.4, 0.5) is 5.95 Å². The zero-order valence-corrected chi connectivity index (χ0v) is 8.93. The van der Waals surface area contributed by atoms with Crippen molar-refractivity contribution in [1.29, 1.82) is 0 Å². The minimum absolute atomic E-state index is 0.226. The fourth-order valence-electron chi connectivity index (χ4n) is 0.697. The number of nitrogens with two attached hydrogens (primary N) is 1. The molecule has 1 aromatic rings. The molecular weight excluding hydrogens is 244 g/mol. The first-order chi connectivity index (χ1) is 5.59. The van der Waals surface area contributed by atoms with Crippen LogP contribution in [0.3, 0.4) is 0 Å². The Kier molecular flexibility index (Phi) is 3.21. The molecule has 7 heteroatoms. The zero-order valence-electron chi connectivity index (χ0n) is 6.53. The normalized spacial score (nSPS) is 13.2. The van der Waals surface area contributed by atoms with Crippen LogP contribution >= 0.6 is 15.9 Å². The van der Waals surface area contributed by atoms with Gasteiger partial charge < -0.3 is 5.73 Å². The van der Waals surface area contributed by atoms with Gasteiger partial charge in [0.1, 0.15) is 0 Å². The fourth-order valence-corrected chi connectivity index (χ4v) is 1.57. The van der Waals surface area contributed by atoms with Crippen molar-refractivity contribution in [3.63, 3.8) is 0 Å². The van der Waals surface area contributed by atoms with Crippen LogP contribution in [0.25, 0.3) is 0 Å². The lowest BCUT2D eigenvalue weighted by atomic mass is 10.8. The van der Waals surface area contributed by atoms with Crippen LogP contribution in [-0.2, 0) is 17.3 Å². The summed E-state index contributed by atoms with van der Waals surface area (Å²) in [6.45, 7) is 0.563. The standard InChI is InChI=1S/C5H9BrN4OS/c1-12(11)3-2-10-4(6)8-5(7)9-10/h2-3H2,1H3,(H2,7,9). The van der Waals surface area contributed by atoms with Crippen molar-refractivity contribution in [2.24, 2.45) is 0 Å². The van der Waals surface area contributed by atoms with E-state index in [0.717, 1.165) is 0 Å². The second-order valence-electron chi connectivity index (χ2n) is 2.24. The predicted octanol–water partition coefficient (Wildman–Crippen LogP) is 0.00130. The third-order valence-corrected chi connectivity index (χ3v) is 2.58. The Morgan fingerprint density at radius 2 is 2.42 bits per heavy atom. The van der Waals surface area contributed by atoms with E-state index in [1.165, 1.54) is 0 Å². The van der Waals surface area contributed by atoms with Crippen molar-refractivity contribution in [3.05, 3.63) is 4.73 Å². The van der Waals surface area contributed by atoms with Gasteiger partial charge in [-0.2, -0.15) is 4.98 Å². The van der Waals surface area contributed by atoms with Crippen LogP contribution in [0.15, 0.2) is 4.73 Å². The van der Waals surface area contributed by atoms with E-state index >= 15 is 0 Å². The number of nitrogens with zero attached hydrogens (tertiary/aromatic N) is 3. The molecule has 1 heterocycles. The van der Waals surface area contributed by atoms with Crippen molar-refractivity contribution in [3.8, 4) is 0 Å². The summed E-state index contributed by atoms with van der Waals surface area (Å²) in [7, 11) is -0.815. The zero-order chi connectivity index (χ0) is 9.14. The number of rotatable bonds is 3. The summed E-state index contributed by atoms with van der Waals surface area (Å²) >= 11 is 3.18. The van der Waals surface area contributed by atoms with Crippen molar-refractivity contribution >= 4 is 32.7 Å². The average molecular weight is 253 g/mol. The van der Waals surface area contributed by atoms with Crippen molar-refractivity contribution in [2.45, 2.75) is 6.54 Å². The molecule has 0 spiro atoms. The minimum atomic E-state index is -0.815. The van der Waals surface area contributed by atoms with E-state index in [2.05, 4.69) is 26.0 Å². The van der Waals surface area contributed by atoms with E-state index in [1.54, 1.807) is 10.9 Å². The molecule has 68 valence electrons. The maximum atomic E-state index is 10.7. The second-order valence-corrected chi connectivity index (χ2v) is 4.50. The van der Waals surface area contributed by atoms with Crippen molar-refractivity contribution < 1.29 is 4.21 Å². The monoisotopic (exact) mass is 252 g/mol. The molecule has 0 saturated heterocycles. The van der Waals surface area contributed by atoms with Gasteiger partial charge in [0, 0.05) is 22.8 Å². The lowest BCUT2D eigenvalue weighted by molar-refractivity contribution is 0.635. The molecule has 12 heavy (non-hydrogen) atoms. The molecule has 1 aromatic heterocycles. The number of hydrogen-bond acceptors (Lipinski definition) is 4. The topological polar surface area (TPSA) is 73.8 Å². The lowest BCUT2D eigenvalue weighted by Crippen LogP contribution is -2.08. The third kappa shape index (κ3) is 2.56. The Morgan fingerprint density at radius 3 is 2.83 bits per heavy atom. The molecule has 0 aromatic carbocycles. The summed E-state index contributed by atoms with van der Waals surface area (Å²) in [4.78, 5) is 3.84. The van der Waals surface area contributed by atoms with E-state index in [0.29, 0.717) is 17.0 Å². The van der Waals surface area contributed by atoms with E-state index < -0.39 is 10.8 Å². The Balaban J connectivity index is 2.62. The molecule has 0 aliphatic rings. The number of hydrogen-bond donors (Lipinski definition) is 1. The molecule has 0 aliphatic heterocycles. The van der Waals surface area contributed by atoms with Gasteiger partial charge in [-0.1, -0.05) is 0 Å². The van der Waals surface area contributed by atoms with Gasteiger partial charge in [-0.3, -0.25) is 4.21 Å². The van der Waals surface area contributed by atoms with Crippen LogP contribution in [0.5, 0.6) is 0 Å². The van der Waals surface area contributed by atoms with Crippen LogP contribution in [0, 0.1) is 0 Å². The smallest absolute Gasteiger partial charge is 0.240 e. The highest BCUT2D eigenvalue weighted by atomic mass is 79.9. The molecule has 0 aliphatic carbocycles. The number of anilines is 1. The first-order valence-electron chi connectivity index (χ1n) is 3.25. The Labute approximate surface area is 80.9 Å². The van der Waals surface area contributed by atoms with Crippen molar-refractivity contribution in [1.82, 2.24) is 14.8 Å². The number of nitrogen functional groups attached to an aromatic ring is 1. The first kappa shape index (κ1) is 9.66. The Bertz CT molecular complexity index is 300. The van der Waals surface area contributed by atoms with Gasteiger partial charge in [0.05, 0.1) is 6.54 Å². The maximum absolute atomic E-state index is 10.7. The molecule has 0 fully saturated rings. The van der Waals surface area contributed by atoms with Gasteiger partial charge in [0.25, 0.3) is 0 Å². The Morgan fingerprint density at radius 1 is 1.75 bits per heavy atom. The largest absolute Gasteiger partial charge is 0.366 e. The summed E-state index contributed by atoms with van der Waals surface area (Å²) in [6, 6.07) is 0. The van der Waals surface area contributed by atoms with E-state index in [1.807, 2.05) is 0 Å². The number of aromatic nitrogens is 3. The summed E-state index contributed by atoms with van der Waals surface area (Å²) in [5, 5.41) is 3.88. The van der Waals surface area contributed by atoms with Crippen LogP contribution in [-0.4, -0.2) is 31.0 Å². The van der Waals surface area contributed by atoms with Gasteiger partial charge in [0.2, 0.25) is 5.95 Å². The third-order valence-electron chi connectivity index (χ3n) is 1.23. The quantitative estimate of drug-likeness (QED) is 0.822. The maximum Gasteiger partial charge on any atom is 0.240 e. The summed E-state index contributed by atoms with van der Waals surface area (Å²) in [5.74, 6) is 0.783. The molecular formula is C5H9BrN4OS. The lowest BCUT2D eigenvalue weighted by Gasteiger charge is -1.98. The van der Waals surface area contributed by atoms with Crippen LogP contribution in [0.2, 0.25) is 0 Å². The van der Waals surface area contributed by atoms with E-state index in [9.17, 15) is 4.21 Å². The number of halogens is 1. The molecule has 0 amide bonds. The van der Waals surface area contributed by atoms with Gasteiger partial charge in [-0.25, -0.2) is 4.68 Å². The molecule has 0 saturated carbocycles. The van der Waals surface area contributed by atoms with Crippen molar-refractivity contribution in [2.75, 3.05) is 17.7 Å². The predicted molar refractivity (Wildman–Crippen MR) is 51.1 cm³/mol. The summed E-state index contributed by atoms with van der Waals surface area (Å²) in [6.07, 6.45) is 1.65. The van der Waals surface area contributed by atoms with E-state index in [4.69, 9.17) is 5.73 Å². The minimum Gasteiger partial charge on any atom is -0.366 e. The van der Waals surface area contributed by atoms with Crippen LogP contribution in [0.1, 0.15) is 0 Å². The molecule has 0 radical (unpaired) electrons. The molecule has 0 bridgehead atoms. The highest BCUT2D eigenvalue weighted by Crippen LogP contribution is 2.07.